The Hall–Kier alpha value is -6.58. The van der Waals surface area contributed by atoms with Gasteiger partial charge in [0.15, 0.2) is 0 Å². The van der Waals surface area contributed by atoms with Crippen molar-refractivity contribution in [1.29, 1.82) is 0 Å². The maximum atomic E-state index is 9.72. The number of para-hydroxylation sites is 4. The number of fused-ring (bicyclic) bond motifs is 8. The van der Waals surface area contributed by atoms with E-state index in [1.807, 2.05) is 53.1 Å². The summed E-state index contributed by atoms with van der Waals surface area (Å²) in [6, 6.07) is 7.84. The molecule has 0 aliphatic carbocycles. The summed E-state index contributed by atoms with van der Waals surface area (Å²) in [5, 5.41) is 0.126. The number of hydrogen-bond acceptors (Lipinski definition) is 2. The lowest BCUT2D eigenvalue weighted by atomic mass is 10.0. The van der Waals surface area contributed by atoms with Gasteiger partial charge in [0, 0.05) is 38.5 Å². The molecule has 230 valence electrons. The van der Waals surface area contributed by atoms with Gasteiger partial charge in [-0.15, -0.1) is 0 Å². The van der Waals surface area contributed by atoms with Gasteiger partial charge in [0.05, 0.1) is 52.5 Å². The van der Waals surface area contributed by atoms with Crippen LogP contribution in [-0.4, -0.2) is 4.57 Å². The number of rotatable bonds is 5. The van der Waals surface area contributed by atoms with Crippen molar-refractivity contribution in [3.05, 3.63) is 182 Å². The van der Waals surface area contributed by atoms with Crippen molar-refractivity contribution in [2.24, 2.45) is 0 Å². The predicted octanol–water partition coefficient (Wildman–Crippen LogP) is 13.0. The van der Waals surface area contributed by atoms with Crippen LogP contribution in [0.4, 0.5) is 17.1 Å². The summed E-state index contributed by atoms with van der Waals surface area (Å²) in [6.07, 6.45) is 0. The quantitative estimate of drug-likeness (QED) is 0.186. The van der Waals surface area contributed by atoms with Gasteiger partial charge in [0.2, 0.25) is 0 Å². The van der Waals surface area contributed by atoms with E-state index in [1.54, 1.807) is 24.3 Å². The van der Waals surface area contributed by atoms with Gasteiger partial charge >= 0.3 is 0 Å². The van der Waals surface area contributed by atoms with Gasteiger partial charge in [-0.3, -0.25) is 0 Å². The molecule has 10 aromatic rings. The van der Waals surface area contributed by atoms with Gasteiger partial charge in [-0.25, -0.2) is 0 Å². The molecule has 0 aliphatic rings. The molecule has 0 atom stereocenters. The molecule has 2 heterocycles. The van der Waals surface area contributed by atoms with Gasteiger partial charge in [0.25, 0.3) is 0 Å². The minimum atomic E-state index is -0.933. The molecule has 0 radical (unpaired) electrons. The van der Waals surface area contributed by atoms with E-state index >= 15 is 0 Å². The van der Waals surface area contributed by atoms with Crippen LogP contribution in [0.3, 0.4) is 0 Å². The smallest absolute Gasteiger partial charge is 0.143 e. The third-order valence-corrected chi connectivity index (χ3v) is 8.49. The molecule has 10 rings (SSSR count). The molecule has 0 aliphatic heterocycles. The van der Waals surface area contributed by atoms with E-state index in [9.17, 15) is 8.22 Å². The summed E-state index contributed by atoms with van der Waals surface area (Å²) >= 11 is 0. The number of furan rings is 1. The summed E-state index contributed by atoms with van der Waals surface area (Å²) in [5.74, 6) is 0. The molecule has 0 N–H and O–H groups in total. The first kappa shape index (κ1) is 15.1. The maximum absolute atomic E-state index is 9.72. The van der Waals surface area contributed by atoms with Gasteiger partial charge in [-0.2, -0.15) is 0 Å². The van der Waals surface area contributed by atoms with Crippen LogP contribution < -0.4 is 4.90 Å². The van der Waals surface area contributed by atoms with Crippen molar-refractivity contribution < 1.29 is 29.1 Å². The molecule has 0 amide bonds. The Bertz CT molecular complexity index is 3770. The maximum Gasteiger partial charge on any atom is 0.143 e. The van der Waals surface area contributed by atoms with Crippen LogP contribution in [0.5, 0.6) is 0 Å². The van der Waals surface area contributed by atoms with Crippen LogP contribution in [0.15, 0.2) is 186 Å². The van der Waals surface area contributed by atoms with Crippen molar-refractivity contribution in [1.82, 2.24) is 4.57 Å². The molecular weight excluding hydrogens is 597 g/mol. The second kappa shape index (κ2) is 11.0. The van der Waals surface area contributed by atoms with E-state index in [4.69, 9.17) is 20.9 Å². The van der Waals surface area contributed by atoms with Crippen LogP contribution in [0.1, 0.15) is 24.7 Å². The van der Waals surface area contributed by atoms with Crippen LogP contribution >= 0.6 is 0 Å². The number of nitrogens with zero attached hydrogens (tertiary/aromatic N) is 2. The summed E-state index contributed by atoms with van der Waals surface area (Å²) < 4.78 is 171. The standard InChI is InChI=1S/C46H30N2O/c1-2-14-33(15-3-1)47(43-23-12-24-44-45(43)39-30-27-31-13-4-5-17-36(31)46(39)49-44)34-28-25-32(26-29-34)35-16-6-9-20-40(35)48-41-21-10-7-18-37(41)38-19-8-11-22-42(38)48/h1-30H/i1D,2D,3D,4D,5D,12D,13D,14D,15D,17D,23D,24D,25D,26D,27D,28D,29D,30D. The average molecular weight is 645 g/mol. The zero-order chi connectivity index (χ0) is 48.0. The Labute approximate surface area is 308 Å². The number of hydrogen-bond donors (Lipinski definition) is 0. The highest BCUT2D eigenvalue weighted by Gasteiger charge is 2.21. The Kier molecular flexibility index (Phi) is 3.39. The van der Waals surface area contributed by atoms with Crippen LogP contribution in [0.25, 0.3) is 71.3 Å². The summed E-state index contributed by atoms with van der Waals surface area (Å²) in [7, 11) is 0. The highest BCUT2D eigenvalue weighted by Crippen LogP contribution is 2.45. The monoisotopic (exact) mass is 644 g/mol. The average Bonchev–Trinajstić information content (AvgIpc) is 3.88. The molecular formula is C46H30N2O. The molecule has 3 nitrogen and oxygen atoms in total. The minimum Gasteiger partial charge on any atom is -0.455 e. The summed E-state index contributed by atoms with van der Waals surface area (Å²) in [6.45, 7) is 0. The largest absolute Gasteiger partial charge is 0.455 e. The Morgan fingerprint density at radius 3 is 1.98 bits per heavy atom. The van der Waals surface area contributed by atoms with E-state index < -0.39 is 153 Å². The van der Waals surface area contributed by atoms with Crippen LogP contribution in [0, 0.1) is 0 Å². The molecule has 3 heteroatoms. The van der Waals surface area contributed by atoms with E-state index in [0.717, 1.165) is 21.8 Å². The van der Waals surface area contributed by atoms with E-state index in [0.29, 0.717) is 10.6 Å². The molecule has 0 saturated heterocycles. The molecule has 0 spiro atoms. The molecule has 0 bridgehead atoms. The minimum absolute atomic E-state index is 0.183. The summed E-state index contributed by atoms with van der Waals surface area (Å²) in [5.41, 5.74) is -1.16. The predicted molar refractivity (Wildman–Crippen MR) is 206 cm³/mol. The number of anilines is 3. The van der Waals surface area contributed by atoms with E-state index in [-0.39, 0.29) is 16.5 Å². The van der Waals surface area contributed by atoms with Gasteiger partial charge in [-0.05, 0) is 71.4 Å². The molecule has 0 fully saturated rings. The van der Waals surface area contributed by atoms with Gasteiger partial charge in [-0.1, -0.05) is 121 Å². The fraction of sp³-hybridized carbons (Fsp3) is 0. The van der Waals surface area contributed by atoms with E-state index in [1.165, 1.54) is 0 Å². The summed E-state index contributed by atoms with van der Waals surface area (Å²) in [4.78, 5) is 0.703. The van der Waals surface area contributed by atoms with Crippen molar-refractivity contribution in [3.63, 3.8) is 0 Å². The third kappa shape index (κ3) is 4.29. The van der Waals surface area contributed by atoms with E-state index in [2.05, 4.69) is 0 Å². The molecule has 49 heavy (non-hydrogen) atoms. The lowest BCUT2D eigenvalue weighted by molar-refractivity contribution is 0.672. The fourth-order valence-electron chi connectivity index (χ4n) is 6.42. The normalized spacial score (nSPS) is 16.8. The Morgan fingerprint density at radius 2 is 1.18 bits per heavy atom. The molecule has 2 aromatic heterocycles. The SMILES string of the molecule is [2H]c1c([2H])c([2H])c(N(c2c([2H])c([2H])c(-c3ccccc3-n3c4ccccc4c4ccccc43)c([2H])c2[2H])c2c([2H])c([2H])c([2H])c3oc4c5c([2H])c([2H])c([2H])c([2H])c5c([2H])c([2H])c4c23)c([2H])c1[2H]. The third-order valence-electron chi connectivity index (χ3n) is 8.49. The second-order valence-electron chi connectivity index (χ2n) is 11.2. The lowest BCUT2D eigenvalue weighted by Gasteiger charge is -2.26. The lowest BCUT2D eigenvalue weighted by Crippen LogP contribution is -2.10. The molecule has 8 aromatic carbocycles. The van der Waals surface area contributed by atoms with Crippen molar-refractivity contribution >= 4 is 71.6 Å². The molecule has 0 saturated carbocycles. The molecule has 0 unspecified atom stereocenters. The van der Waals surface area contributed by atoms with Gasteiger partial charge in [0.1, 0.15) is 11.2 Å². The first-order chi connectivity index (χ1) is 31.8. The first-order valence-corrected chi connectivity index (χ1v) is 15.2. The van der Waals surface area contributed by atoms with Crippen molar-refractivity contribution in [2.45, 2.75) is 0 Å². The number of benzene rings is 8. The van der Waals surface area contributed by atoms with Crippen LogP contribution in [-0.2, 0) is 0 Å². The van der Waals surface area contributed by atoms with Crippen molar-refractivity contribution in [2.75, 3.05) is 4.90 Å². The zero-order valence-corrected chi connectivity index (χ0v) is 25.2. The highest BCUT2D eigenvalue weighted by molar-refractivity contribution is 6.19. The topological polar surface area (TPSA) is 21.3 Å². The fourth-order valence-corrected chi connectivity index (χ4v) is 6.42. The van der Waals surface area contributed by atoms with Gasteiger partial charge < -0.3 is 13.9 Å². The van der Waals surface area contributed by atoms with Crippen LogP contribution in [0.2, 0.25) is 0 Å². The number of aromatic nitrogens is 1. The Morgan fingerprint density at radius 1 is 0.510 bits per heavy atom. The Balaban J connectivity index is 1.37. The zero-order valence-electron chi connectivity index (χ0n) is 43.2. The second-order valence-corrected chi connectivity index (χ2v) is 11.2. The van der Waals surface area contributed by atoms with Crippen molar-refractivity contribution in [3.8, 4) is 16.8 Å². The first-order valence-electron chi connectivity index (χ1n) is 24.2. The highest BCUT2D eigenvalue weighted by atomic mass is 16.3.